The number of fused-ring (bicyclic) bond motifs is 3. The zero-order valence-electron chi connectivity index (χ0n) is 15.8. The van der Waals surface area contributed by atoms with Crippen LogP contribution in [0.1, 0.15) is 43.1 Å². The number of aliphatic carboxylic acids is 1. The molecule has 0 unspecified atom stereocenters. The Hall–Kier alpha value is -2.71. The van der Waals surface area contributed by atoms with Crippen molar-refractivity contribution in [3.8, 4) is 0 Å². The van der Waals surface area contributed by atoms with Gasteiger partial charge in [-0.1, -0.05) is 18.2 Å². The fourth-order valence-corrected chi connectivity index (χ4v) is 5.36. The van der Waals surface area contributed by atoms with Gasteiger partial charge in [0, 0.05) is 16.6 Å². The van der Waals surface area contributed by atoms with Gasteiger partial charge in [0.1, 0.15) is 11.9 Å². The van der Waals surface area contributed by atoms with E-state index in [0.29, 0.717) is 12.1 Å². The number of carboxylic acids is 1. The fraction of sp³-hybridized carbons (Fsp3) is 0.286. The number of para-hydroxylation sites is 1. The first kappa shape index (κ1) is 19.6. The Labute approximate surface area is 168 Å². The van der Waals surface area contributed by atoms with Crippen LogP contribution in [0.5, 0.6) is 0 Å². The van der Waals surface area contributed by atoms with E-state index in [1.165, 1.54) is 12.1 Å². The number of halogens is 1. The van der Waals surface area contributed by atoms with E-state index >= 15 is 0 Å². The van der Waals surface area contributed by atoms with Crippen LogP contribution in [0, 0.1) is 5.82 Å². The minimum atomic E-state index is -3.90. The Bertz CT molecular complexity index is 1190. The molecule has 0 saturated carbocycles. The number of carboxylic acid groups (broad SMARTS) is 1. The molecule has 6 nitrogen and oxygen atoms in total. The molecule has 152 valence electrons. The zero-order chi connectivity index (χ0) is 20.8. The van der Waals surface area contributed by atoms with Crippen LogP contribution in [0.3, 0.4) is 0 Å². The van der Waals surface area contributed by atoms with Crippen molar-refractivity contribution in [2.75, 3.05) is 0 Å². The van der Waals surface area contributed by atoms with E-state index in [2.05, 4.69) is 4.72 Å². The molecule has 1 aliphatic carbocycles. The molecule has 0 radical (unpaired) electrons. The van der Waals surface area contributed by atoms with Gasteiger partial charge in [-0.25, -0.2) is 22.3 Å². The van der Waals surface area contributed by atoms with E-state index in [1.54, 1.807) is 11.5 Å². The summed E-state index contributed by atoms with van der Waals surface area (Å²) in [7, 11) is -3.90. The molecule has 2 N–H and O–H groups in total. The van der Waals surface area contributed by atoms with Gasteiger partial charge in [0.25, 0.3) is 0 Å². The molecule has 0 spiro atoms. The third-order valence-electron chi connectivity index (χ3n) is 5.47. The first-order valence-corrected chi connectivity index (χ1v) is 10.9. The lowest BCUT2D eigenvalue weighted by Gasteiger charge is -2.27. The van der Waals surface area contributed by atoms with Crippen LogP contribution < -0.4 is 4.72 Å². The topological polar surface area (TPSA) is 88.4 Å². The lowest BCUT2D eigenvalue weighted by Crippen LogP contribution is -2.33. The van der Waals surface area contributed by atoms with Gasteiger partial charge in [-0.05, 0) is 62.1 Å². The first-order chi connectivity index (χ1) is 13.8. The summed E-state index contributed by atoms with van der Waals surface area (Å²) in [5.74, 6) is -1.50. The van der Waals surface area contributed by atoms with E-state index in [-0.39, 0.29) is 4.90 Å². The quantitative estimate of drug-likeness (QED) is 0.663. The van der Waals surface area contributed by atoms with Crippen molar-refractivity contribution >= 4 is 26.9 Å². The molecule has 8 heteroatoms. The average molecular weight is 416 g/mol. The summed E-state index contributed by atoms with van der Waals surface area (Å²) in [6.45, 7) is 1.59. The maximum Gasteiger partial charge on any atom is 0.326 e. The Balaban J connectivity index is 1.84. The van der Waals surface area contributed by atoms with E-state index in [9.17, 15) is 22.7 Å². The number of aromatic nitrogens is 1. The molecule has 0 aliphatic heterocycles. The molecule has 3 aromatic rings. The number of hydrogen-bond donors (Lipinski definition) is 2. The van der Waals surface area contributed by atoms with Gasteiger partial charge in [0.15, 0.2) is 0 Å². The van der Waals surface area contributed by atoms with Crippen molar-refractivity contribution in [2.45, 2.75) is 43.2 Å². The fourth-order valence-electron chi connectivity index (χ4n) is 4.12. The lowest BCUT2D eigenvalue weighted by atomic mass is 9.92. The smallest absolute Gasteiger partial charge is 0.326 e. The summed E-state index contributed by atoms with van der Waals surface area (Å²) in [5, 5.41) is 10.6. The minimum Gasteiger partial charge on any atom is -0.480 e. The molecule has 4 rings (SSSR count). The van der Waals surface area contributed by atoms with Gasteiger partial charge in [0.05, 0.1) is 10.9 Å². The molecule has 2 aromatic carbocycles. The summed E-state index contributed by atoms with van der Waals surface area (Å²) in [5.41, 5.74) is 2.45. The number of carbonyl (C=O) groups is 1. The molecule has 1 heterocycles. The van der Waals surface area contributed by atoms with Crippen molar-refractivity contribution < 1.29 is 22.7 Å². The summed E-state index contributed by atoms with van der Waals surface area (Å²) >= 11 is 0. The number of sulfonamides is 1. The van der Waals surface area contributed by atoms with E-state index < -0.39 is 33.9 Å². The van der Waals surface area contributed by atoms with E-state index in [4.69, 9.17) is 0 Å². The van der Waals surface area contributed by atoms with Crippen molar-refractivity contribution in [1.29, 1.82) is 0 Å². The van der Waals surface area contributed by atoms with Gasteiger partial charge >= 0.3 is 5.97 Å². The molecule has 29 heavy (non-hydrogen) atoms. The Kier molecular flexibility index (Phi) is 4.92. The maximum absolute atomic E-state index is 13.2. The highest BCUT2D eigenvalue weighted by Crippen LogP contribution is 2.40. The third kappa shape index (κ3) is 3.42. The molecule has 1 aliphatic rings. The number of hydrogen-bond acceptors (Lipinski definition) is 3. The zero-order valence-corrected chi connectivity index (χ0v) is 16.6. The highest BCUT2D eigenvalue weighted by Gasteiger charge is 2.33. The molecule has 0 bridgehead atoms. The second kappa shape index (κ2) is 7.27. The van der Waals surface area contributed by atoms with Gasteiger partial charge in [-0.3, -0.25) is 0 Å². The summed E-state index contributed by atoms with van der Waals surface area (Å²) < 4.78 is 43.4. The van der Waals surface area contributed by atoms with Crippen LogP contribution in [0.4, 0.5) is 4.39 Å². The average Bonchev–Trinajstić information content (AvgIpc) is 3.03. The second-order valence-electron chi connectivity index (χ2n) is 7.29. The predicted molar refractivity (Wildman–Crippen MR) is 107 cm³/mol. The number of benzene rings is 2. The van der Waals surface area contributed by atoms with Crippen molar-refractivity contribution in [2.24, 2.45) is 0 Å². The van der Waals surface area contributed by atoms with E-state index in [1.807, 2.05) is 24.3 Å². The normalized spacial score (nSPS) is 17.8. The number of aryl methyl sites for hydroxylation is 1. The predicted octanol–water partition coefficient (Wildman–Crippen LogP) is 3.78. The van der Waals surface area contributed by atoms with Crippen LogP contribution in [-0.2, 0) is 21.2 Å². The lowest BCUT2D eigenvalue weighted by molar-refractivity contribution is -0.140. The Morgan fingerprint density at radius 2 is 1.90 bits per heavy atom. The van der Waals surface area contributed by atoms with Crippen LogP contribution in [-0.4, -0.2) is 24.1 Å². The Morgan fingerprint density at radius 3 is 2.59 bits per heavy atom. The molecule has 0 fully saturated rings. The summed E-state index contributed by atoms with van der Waals surface area (Å²) in [4.78, 5) is 11.7. The number of rotatable bonds is 5. The molecule has 2 atom stereocenters. The van der Waals surface area contributed by atoms with Crippen LogP contribution >= 0.6 is 0 Å². The molecule has 0 saturated heterocycles. The molecular weight excluding hydrogens is 395 g/mol. The van der Waals surface area contributed by atoms with Crippen LogP contribution in [0.15, 0.2) is 53.4 Å². The van der Waals surface area contributed by atoms with Gasteiger partial charge in [0.2, 0.25) is 10.0 Å². The maximum atomic E-state index is 13.2. The van der Waals surface area contributed by atoms with Crippen LogP contribution in [0.2, 0.25) is 0 Å². The minimum absolute atomic E-state index is 0.0278. The Morgan fingerprint density at radius 1 is 1.21 bits per heavy atom. The standard InChI is InChI=1S/C21H21FN2O4S/c1-13(21(25)26)24-19-8-3-2-5-16(19)17-6-4-7-18(20(17)24)23-29(27,28)15-11-9-14(22)10-12-15/h2-3,5,8-13,18,23H,4,6-7H2,1H3,(H,25,26)/t13-,18-/m0/s1. The second-order valence-corrected chi connectivity index (χ2v) is 9.00. The summed E-state index contributed by atoms with van der Waals surface area (Å²) in [6, 6.07) is 10.8. The highest BCUT2D eigenvalue weighted by atomic mass is 32.2. The van der Waals surface area contributed by atoms with E-state index in [0.717, 1.165) is 41.4 Å². The van der Waals surface area contributed by atoms with Crippen LogP contribution in [0.25, 0.3) is 10.9 Å². The SMILES string of the molecule is C[C@@H](C(=O)O)n1c2c(c3ccccc31)CCC[C@@H]2NS(=O)(=O)c1ccc(F)cc1. The van der Waals surface area contributed by atoms with Crippen molar-refractivity contribution in [1.82, 2.24) is 9.29 Å². The number of nitrogens with one attached hydrogen (secondary N) is 1. The van der Waals surface area contributed by atoms with Gasteiger partial charge in [-0.15, -0.1) is 0 Å². The summed E-state index contributed by atoms with van der Waals surface area (Å²) in [6.07, 6.45) is 2.08. The van der Waals surface area contributed by atoms with Gasteiger partial charge in [-0.2, -0.15) is 0 Å². The van der Waals surface area contributed by atoms with Crippen molar-refractivity contribution in [3.05, 3.63) is 65.6 Å². The monoisotopic (exact) mass is 416 g/mol. The third-order valence-corrected chi connectivity index (χ3v) is 6.96. The highest BCUT2D eigenvalue weighted by molar-refractivity contribution is 7.89. The molecule has 1 aromatic heterocycles. The molecular formula is C21H21FN2O4S. The van der Waals surface area contributed by atoms with Crippen molar-refractivity contribution in [3.63, 3.8) is 0 Å². The molecule has 0 amide bonds. The number of nitrogens with zero attached hydrogens (tertiary/aromatic N) is 1. The first-order valence-electron chi connectivity index (χ1n) is 9.42. The largest absolute Gasteiger partial charge is 0.480 e. The van der Waals surface area contributed by atoms with Gasteiger partial charge < -0.3 is 9.67 Å².